The zero-order valence-electron chi connectivity index (χ0n) is 10.2. The Bertz CT molecular complexity index is 172. The van der Waals surface area contributed by atoms with Crippen LogP contribution in [0.4, 0.5) is 0 Å². The molecule has 84 valence electrons. The minimum absolute atomic E-state index is 0.399. The van der Waals surface area contributed by atoms with E-state index < -0.39 is 0 Å². The Morgan fingerprint density at radius 2 is 2.00 bits per heavy atom. The normalized spacial score (nSPS) is 30.6. The monoisotopic (exact) mass is 198 g/mol. The Kier molecular flexibility index (Phi) is 3.96. The molecule has 1 aliphatic heterocycles. The third kappa shape index (κ3) is 3.97. The summed E-state index contributed by atoms with van der Waals surface area (Å²) < 4.78 is 0. The van der Waals surface area contributed by atoms with Crippen LogP contribution in [0.2, 0.25) is 0 Å². The van der Waals surface area contributed by atoms with Crippen LogP contribution < -0.4 is 5.73 Å². The summed E-state index contributed by atoms with van der Waals surface area (Å²) in [6.45, 7) is 9.24. The smallest absolute Gasteiger partial charge is 0.0196 e. The number of nitrogens with zero attached hydrogens (tertiary/aromatic N) is 1. The first kappa shape index (κ1) is 12.0. The van der Waals surface area contributed by atoms with Crippen molar-refractivity contribution in [3.05, 3.63) is 0 Å². The predicted molar refractivity (Wildman–Crippen MR) is 62.3 cm³/mol. The molecule has 0 bridgehead atoms. The van der Waals surface area contributed by atoms with Crippen LogP contribution in [0.25, 0.3) is 0 Å². The fourth-order valence-electron chi connectivity index (χ4n) is 2.18. The second kappa shape index (κ2) is 4.63. The second-order valence-electron chi connectivity index (χ2n) is 6.07. The lowest BCUT2D eigenvalue weighted by molar-refractivity contribution is 0.170. The van der Waals surface area contributed by atoms with Gasteiger partial charge in [-0.05, 0) is 44.2 Å². The minimum atomic E-state index is 0.399. The molecule has 2 unspecified atom stereocenters. The Morgan fingerprint density at radius 3 is 2.50 bits per heavy atom. The first-order valence-corrected chi connectivity index (χ1v) is 5.82. The van der Waals surface area contributed by atoms with Gasteiger partial charge < -0.3 is 10.6 Å². The molecule has 0 saturated carbocycles. The summed E-state index contributed by atoms with van der Waals surface area (Å²) in [6, 6.07) is 0.399. The second-order valence-corrected chi connectivity index (χ2v) is 6.07. The highest BCUT2D eigenvalue weighted by molar-refractivity contribution is 4.82. The fraction of sp³-hybridized carbons (Fsp3) is 1.00. The van der Waals surface area contributed by atoms with Crippen LogP contribution in [0.5, 0.6) is 0 Å². The Labute approximate surface area is 88.8 Å². The van der Waals surface area contributed by atoms with E-state index in [1.54, 1.807) is 0 Å². The Balaban J connectivity index is 2.31. The summed E-state index contributed by atoms with van der Waals surface area (Å²) in [7, 11) is 2.17. The summed E-state index contributed by atoms with van der Waals surface area (Å²) in [5.74, 6) is 0.755. The van der Waals surface area contributed by atoms with Crippen LogP contribution in [0.1, 0.15) is 40.0 Å². The number of likely N-dealkylation sites (tertiary alicyclic amines) is 1. The van der Waals surface area contributed by atoms with Gasteiger partial charge in [-0.15, -0.1) is 0 Å². The molecule has 0 aromatic heterocycles. The summed E-state index contributed by atoms with van der Waals surface area (Å²) >= 11 is 0. The number of rotatable bonds is 2. The van der Waals surface area contributed by atoms with Crippen LogP contribution in [-0.4, -0.2) is 31.1 Å². The van der Waals surface area contributed by atoms with Crippen molar-refractivity contribution in [2.45, 2.75) is 46.1 Å². The number of piperidine rings is 1. The molecule has 2 nitrogen and oxygen atoms in total. The van der Waals surface area contributed by atoms with E-state index in [-0.39, 0.29) is 0 Å². The molecule has 1 aliphatic rings. The average Bonchev–Trinajstić information content (AvgIpc) is 2.00. The molecule has 0 radical (unpaired) electrons. The topological polar surface area (TPSA) is 29.3 Å². The molecule has 1 saturated heterocycles. The van der Waals surface area contributed by atoms with Crippen molar-refractivity contribution >= 4 is 0 Å². The molecule has 2 atom stereocenters. The summed E-state index contributed by atoms with van der Waals surface area (Å²) in [6.07, 6.45) is 3.89. The molecule has 2 heteroatoms. The zero-order chi connectivity index (χ0) is 10.8. The summed E-state index contributed by atoms with van der Waals surface area (Å²) in [4.78, 5) is 2.35. The highest BCUT2D eigenvalue weighted by Crippen LogP contribution is 2.27. The van der Waals surface area contributed by atoms with Gasteiger partial charge in [0, 0.05) is 12.6 Å². The molecule has 2 N–H and O–H groups in total. The fourth-order valence-corrected chi connectivity index (χ4v) is 2.18. The van der Waals surface area contributed by atoms with Crippen LogP contribution >= 0.6 is 0 Å². The van der Waals surface area contributed by atoms with Gasteiger partial charge >= 0.3 is 0 Å². The van der Waals surface area contributed by atoms with Gasteiger partial charge in [0.2, 0.25) is 0 Å². The predicted octanol–water partition coefficient (Wildman–Crippen LogP) is 2.09. The largest absolute Gasteiger partial charge is 0.326 e. The van der Waals surface area contributed by atoms with Gasteiger partial charge in [-0.1, -0.05) is 20.8 Å². The number of hydrogen-bond donors (Lipinski definition) is 1. The van der Waals surface area contributed by atoms with E-state index in [1.807, 2.05) is 0 Å². The van der Waals surface area contributed by atoms with Crippen molar-refractivity contribution in [2.75, 3.05) is 20.1 Å². The third-order valence-electron chi connectivity index (χ3n) is 3.27. The van der Waals surface area contributed by atoms with Crippen molar-refractivity contribution in [1.82, 2.24) is 4.90 Å². The third-order valence-corrected chi connectivity index (χ3v) is 3.27. The van der Waals surface area contributed by atoms with Crippen molar-refractivity contribution < 1.29 is 0 Å². The van der Waals surface area contributed by atoms with E-state index in [9.17, 15) is 0 Å². The minimum Gasteiger partial charge on any atom is -0.326 e. The maximum absolute atomic E-state index is 6.16. The van der Waals surface area contributed by atoms with Crippen molar-refractivity contribution in [3.63, 3.8) is 0 Å². The van der Waals surface area contributed by atoms with Crippen LogP contribution in [0.3, 0.4) is 0 Å². The summed E-state index contributed by atoms with van der Waals surface area (Å²) in [5.41, 5.74) is 6.62. The number of hydrogen-bond acceptors (Lipinski definition) is 2. The SMILES string of the molecule is CN1CCC(CCC(C)(C)C)C(N)C1. The molecule has 0 aromatic rings. The van der Waals surface area contributed by atoms with Gasteiger partial charge in [-0.2, -0.15) is 0 Å². The number of nitrogens with two attached hydrogens (primary N) is 1. The van der Waals surface area contributed by atoms with Gasteiger partial charge in [0.1, 0.15) is 0 Å². The molecule has 0 amide bonds. The maximum atomic E-state index is 6.16. The van der Waals surface area contributed by atoms with Crippen molar-refractivity contribution in [1.29, 1.82) is 0 Å². The van der Waals surface area contributed by atoms with Gasteiger partial charge in [-0.25, -0.2) is 0 Å². The van der Waals surface area contributed by atoms with E-state index >= 15 is 0 Å². The van der Waals surface area contributed by atoms with Crippen LogP contribution in [0.15, 0.2) is 0 Å². The molecular weight excluding hydrogens is 172 g/mol. The molecule has 1 fully saturated rings. The molecule has 1 heterocycles. The van der Waals surface area contributed by atoms with E-state index in [0.29, 0.717) is 11.5 Å². The van der Waals surface area contributed by atoms with E-state index in [1.165, 1.54) is 25.8 Å². The van der Waals surface area contributed by atoms with Gasteiger partial charge in [-0.3, -0.25) is 0 Å². The van der Waals surface area contributed by atoms with Gasteiger partial charge in [0.25, 0.3) is 0 Å². The van der Waals surface area contributed by atoms with E-state index in [4.69, 9.17) is 5.73 Å². The molecule has 0 spiro atoms. The van der Waals surface area contributed by atoms with Gasteiger partial charge in [0.05, 0.1) is 0 Å². The quantitative estimate of drug-likeness (QED) is 0.736. The van der Waals surface area contributed by atoms with Crippen molar-refractivity contribution in [3.8, 4) is 0 Å². The molecule has 14 heavy (non-hydrogen) atoms. The van der Waals surface area contributed by atoms with Gasteiger partial charge in [0.15, 0.2) is 0 Å². The first-order chi connectivity index (χ1) is 6.38. The highest BCUT2D eigenvalue weighted by atomic mass is 15.1. The highest BCUT2D eigenvalue weighted by Gasteiger charge is 2.25. The lowest BCUT2D eigenvalue weighted by Gasteiger charge is -2.35. The standard InChI is InChI=1S/C12H26N2/c1-12(2,3)7-5-10-6-8-14(4)9-11(10)13/h10-11H,5-9,13H2,1-4H3. The Morgan fingerprint density at radius 1 is 1.36 bits per heavy atom. The Hall–Kier alpha value is -0.0800. The van der Waals surface area contributed by atoms with Crippen LogP contribution in [0, 0.1) is 11.3 Å². The lowest BCUT2D eigenvalue weighted by atomic mass is 9.81. The van der Waals surface area contributed by atoms with Crippen molar-refractivity contribution in [2.24, 2.45) is 17.1 Å². The van der Waals surface area contributed by atoms with Crippen LogP contribution in [-0.2, 0) is 0 Å². The zero-order valence-corrected chi connectivity index (χ0v) is 10.2. The molecule has 1 rings (SSSR count). The van der Waals surface area contributed by atoms with E-state index in [2.05, 4.69) is 32.7 Å². The average molecular weight is 198 g/mol. The first-order valence-electron chi connectivity index (χ1n) is 5.82. The number of likely N-dealkylation sites (N-methyl/N-ethyl adjacent to an activating group) is 1. The van der Waals surface area contributed by atoms with E-state index in [0.717, 1.165) is 12.5 Å². The maximum Gasteiger partial charge on any atom is 0.0196 e. The molecule has 0 aliphatic carbocycles. The lowest BCUT2D eigenvalue weighted by Crippen LogP contribution is -2.46. The molecular formula is C12H26N2. The molecule has 0 aromatic carbocycles. The summed E-state index contributed by atoms with van der Waals surface area (Å²) in [5, 5.41) is 0.